The Hall–Kier alpha value is -1.29. The van der Waals surface area contributed by atoms with Crippen molar-refractivity contribution in [3.63, 3.8) is 0 Å². The Labute approximate surface area is 99.0 Å². The monoisotopic (exact) mass is 236 g/mol. The molecule has 1 heterocycles. The molecule has 0 saturated carbocycles. The highest BCUT2D eigenvalue weighted by atomic mass is 35.5. The number of furan rings is 1. The number of hydrogen-bond acceptors (Lipinski definition) is 3. The molecule has 2 aromatic rings. The van der Waals surface area contributed by atoms with E-state index in [9.17, 15) is 0 Å². The first-order valence-electron chi connectivity index (χ1n) is 4.98. The largest absolute Gasteiger partial charge is 0.468 e. The summed E-state index contributed by atoms with van der Waals surface area (Å²) in [5, 5.41) is 0.683. The van der Waals surface area contributed by atoms with Crippen LogP contribution < -0.4 is 11.5 Å². The van der Waals surface area contributed by atoms with E-state index in [2.05, 4.69) is 0 Å². The molecule has 1 aromatic heterocycles. The van der Waals surface area contributed by atoms with Crippen LogP contribution in [0.15, 0.2) is 47.1 Å². The number of rotatable bonds is 3. The zero-order chi connectivity index (χ0) is 11.5. The summed E-state index contributed by atoms with van der Waals surface area (Å²) < 4.78 is 5.23. The lowest BCUT2D eigenvalue weighted by Crippen LogP contribution is -2.26. The van der Waals surface area contributed by atoms with E-state index in [4.69, 9.17) is 27.5 Å². The van der Waals surface area contributed by atoms with E-state index in [1.165, 1.54) is 0 Å². The Balaban J connectivity index is 2.19. The van der Waals surface area contributed by atoms with E-state index in [1.54, 1.807) is 24.5 Å². The minimum absolute atomic E-state index is 0.302. The van der Waals surface area contributed by atoms with E-state index in [-0.39, 0.29) is 12.1 Å². The maximum Gasteiger partial charge on any atom is 0.122 e. The predicted octanol–water partition coefficient (Wildman–Crippen LogP) is 2.63. The van der Waals surface area contributed by atoms with Crippen LogP contribution in [0.3, 0.4) is 0 Å². The SMILES string of the molecule is N[C@H](c1ccco1)[C@@H](N)c1ccc(Cl)cc1. The fourth-order valence-corrected chi connectivity index (χ4v) is 1.68. The second-order valence-corrected chi connectivity index (χ2v) is 4.05. The van der Waals surface area contributed by atoms with E-state index in [0.717, 1.165) is 5.56 Å². The van der Waals surface area contributed by atoms with E-state index in [0.29, 0.717) is 10.8 Å². The zero-order valence-corrected chi connectivity index (χ0v) is 9.39. The lowest BCUT2D eigenvalue weighted by molar-refractivity contribution is 0.428. The average molecular weight is 237 g/mol. The van der Waals surface area contributed by atoms with Gasteiger partial charge < -0.3 is 15.9 Å². The fraction of sp³-hybridized carbons (Fsp3) is 0.167. The molecule has 0 aliphatic heterocycles. The molecule has 2 rings (SSSR count). The molecule has 0 saturated heterocycles. The number of halogens is 1. The van der Waals surface area contributed by atoms with E-state index < -0.39 is 0 Å². The van der Waals surface area contributed by atoms with Crippen molar-refractivity contribution in [2.24, 2.45) is 11.5 Å². The third-order valence-electron chi connectivity index (χ3n) is 2.51. The van der Waals surface area contributed by atoms with Gasteiger partial charge in [-0.2, -0.15) is 0 Å². The van der Waals surface area contributed by atoms with Gasteiger partial charge in [0.05, 0.1) is 18.3 Å². The van der Waals surface area contributed by atoms with Crippen molar-refractivity contribution in [2.45, 2.75) is 12.1 Å². The molecule has 0 amide bonds. The molecule has 84 valence electrons. The molecule has 4 N–H and O–H groups in total. The Morgan fingerprint density at radius 1 is 1.00 bits per heavy atom. The molecule has 0 aliphatic rings. The molecule has 0 aliphatic carbocycles. The summed E-state index contributed by atoms with van der Waals surface area (Å²) in [7, 11) is 0. The molecule has 3 nitrogen and oxygen atoms in total. The second-order valence-electron chi connectivity index (χ2n) is 3.62. The van der Waals surface area contributed by atoms with Gasteiger partial charge in [-0.25, -0.2) is 0 Å². The van der Waals surface area contributed by atoms with Gasteiger partial charge in [-0.15, -0.1) is 0 Å². The molecule has 0 spiro atoms. The third-order valence-corrected chi connectivity index (χ3v) is 2.77. The summed E-state index contributed by atoms with van der Waals surface area (Å²) >= 11 is 5.80. The molecule has 0 fully saturated rings. The summed E-state index contributed by atoms with van der Waals surface area (Å²) in [4.78, 5) is 0. The van der Waals surface area contributed by atoms with Crippen molar-refractivity contribution in [3.8, 4) is 0 Å². The Morgan fingerprint density at radius 2 is 1.69 bits per heavy atom. The van der Waals surface area contributed by atoms with E-state index in [1.807, 2.05) is 18.2 Å². The summed E-state index contributed by atoms with van der Waals surface area (Å²) in [6.07, 6.45) is 1.59. The van der Waals surface area contributed by atoms with Crippen LogP contribution in [0, 0.1) is 0 Å². The lowest BCUT2D eigenvalue weighted by atomic mass is 9.99. The van der Waals surface area contributed by atoms with Crippen molar-refractivity contribution in [1.82, 2.24) is 0 Å². The highest BCUT2D eigenvalue weighted by Gasteiger charge is 2.19. The topological polar surface area (TPSA) is 65.2 Å². The molecule has 0 unspecified atom stereocenters. The standard InChI is InChI=1S/C12H13ClN2O/c13-9-5-3-8(4-6-9)11(14)12(15)10-2-1-7-16-10/h1-7,11-12H,14-15H2/t11-,12+/m0/s1. The molecular weight excluding hydrogens is 224 g/mol. The highest BCUT2D eigenvalue weighted by Crippen LogP contribution is 2.25. The van der Waals surface area contributed by atoms with Crippen LogP contribution >= 0.6 is 11.6 Å². The van der Waals surface area contributed by atoms with Crippen LogP contribution in [0.1, 0.15) is 23.4 Å². The average Bonchev–Trinajstić information content (AvgIpc) is 2.81. The first kappa shape index (κ1) is 11.2. The van der Waals surface area contributed by atoms with Crippen molar-refractivity contribution in [2.75, 3.05) is 0 Å². The van der Waals surface area contributed by atoms with Crippen LogP contribution in [-0.4, -0.2) is 0 Å². The smallest absolute Gasteiger partial charge is 0.122 e. The predicted molar refractivity (Wildman–Crippen MR) is 64.0 cm³/mol. The lowest BCUT2D eigenvalue weighted by Gasteiger charge is -2.18. The Bertz CT molecular complexity index is 439. The molecule has 2 atom stereocenters. The molecule has 0 radical (unpaired) electrons. The third kappa shape index (κ3) is 2.27. The molecule has 16 heavy (non-hydrogen) atoms. The van der Waals surface area contributed by atoms with Crippen LogP contribution in [-0.2, 0) is 0 Å². The van der Waals surface area contributed by atoms with Crippen molar-refractivity contribution in [3.05, 3.63) is 59.0 Å². The number of benzene rings is 1. The van der Waals surface area contributed by atoms with E-state index >= 15 is 0 Å². The maximum absolute atomic E-state index is 6.05. The molecular formula is C12H13ClN2O. The van der Waals surface area contributed by atoms with Gasteiger partial charge in [0, 0.05) is 5.02 Å². The van der Waals surface area contributed by atoms with Crippen molar-refractivity contribution < 1.29 is 4.42 Å². The van der Waals surface area contributed by atoms with Gasteiger partial charge in [-0.05, 0) is 29.8 Å². The first-order chi connectivity index (χ1) is 7.68. The summed E-state index contributed by atoms with van der Waals surface area (Å²) in [5.74, 6) is 0.683. The Morgan fingerprint density at radius 3 is 2.25 bits per heavy atom. The quantitative estimate of drug-likeness (QED) is 0.861. The maximum atomic E-state index is 6.05. The van der Waals surface area contributed by atoms with Gasteiger partial charge in [0.2, 0.25) is 0 Å². The normalized spacial score (nSPS) is 14.7. The van der Waals surface area contributed by atoms with Gasteiger partial charge in [0.15, 0.2) is 0 Å². The first-order valence-corrected chi connectivity index (χ1v) is 5.36. The summed E-state index contributed by atoms with van der Waals surface area (Å²) in [6, 6.07) is 10.3. The highest BCUT2D eigenvalue weighted by molar-refractivity contribution is 6.30. The number of hydrogen-bond donors (Lipinski definition) is 2. The van der Waals surface area contributed by atoms with Gasteiger partial charge in [-0.3, -0.25) is 0 Å². The molecule has 1 aromatic carbocycles. The van der Waals surface area contributed by atoms with Crippen LogP contribution in [0.25, 0.3) is 0 Å². The summed E-state index contributed by atoms with van der Waals surface area (Å²) in [6.45, 7) is 0. The zero-order valence-electron chi connectivity index (χ0n) is 8.64. The van der Waals surface area contributed by atoms with Crippen molar-refractivity contribution >= 4 is 11.6 Å². The second kappa shape index (κ2) is 4.70. The van der Waals surface area contributed by atoms with Gasteiger partial charge in [-0.1, -0.05) is 23.7 Å². The van der Waals surface area contributed by atoms with Gasteiger partial charge >= 0.3 is 0 Å². The van der Waals surface area contributed by atoms with Gasteiger partial charge in [0.1, 0.15) is 5.76 Å². The number of nitrogens with two attached hydrogens (primary N) is 2. The fourth-order valence-electron chi connectivity index (χ4n) is 1.55. The molecule has 4 heteroatoms. The van der Waals surface area contributed by atoms with Gasteiger partial charge in [0.25, 0.3) is 0 Å². The van der Waals surface area contributed by atoms with Crippen LogP contribution in [0.5, 0.6) is 0 Å². The van der Waals surface area contributed by atoms with Crippen molar-refractivity contribution in [1.29, 1.82) is 0 Å². The Kier molecular flexibility index (Phi) is 3.29. The minimum atomic E-state index is -0.351. The summed E-state index contributed by atoms with van der Waals surface area (Å²) in [5.41, 5.74) is 13.0. The molecule has 0 bridgehead atoms. The van der Waals surface area contributed by atoms with Crippen LogP contribution in [0.2, 0.25) is 5.02 Å². The van der Waals surface area contributed by atoms with Crippen LogP contribution in [0.4, 0.5) is 0 Å². The minimum Gasteiger partial charge on any atom is -0.468 e.